The van der Waals surface area contributed by atoms with E-state index in [4.69, 9.17) is 4.74 Å². The highest BCUT2D eigenvalue weighted by Crippen LogP contribution is 2.16. The molecule has 2 rings (SSSR count). The Kier molecular flexibility index (Phi) is 5.18. The van der Waals surface area contributed by atoms with Crippen LogP contribution < -0.4 is 5.56 Å². The van der Waals surface area contributed by atoms with E-state index in [0.29, 0.717) is 18.8 Å². The quantitative estimate of drug-likeness (QED) is 0.759. The molecule has 0 saturated heterocycles. The van der Waals surface area contributed by atoms with Gasteiger partial charge in [-0.2, -0.15) is 0 Å². The van der Waals surface area contributed by atoms with Crippen molar-refractivity contribution in [2.45, 2.75) is 18.0 Å². The Morgan fingerprint density at radius 3 is 2.79 bits per heavy atom. The van der Waals surface area contributed by atoms with Crippen molar-refractivity contribution in [1.82, 2.24) is 9.55 Å². The monoisotopic (exact) mass is 276 g/mol. The number of nitrogens with zero attached hydrogens (tertiary/aromatic N) is 2. The summed E-state index contributed by atoms with van der Waals surface area (Å²) in [5.41, 5.74) is 0.634. The zero-order chi connectivity index (χ0) is 13.5. The molecule has 0 bridgehead atoms. The van der Waals surface area contributed by atoms with Crippen LogP contribution in [0.3, 0.4) is 0 Å². The lowest BCUT2D eigenvalue weighted by Crippen LogP contribution is -2.21. The second-order valence-electron chi connectivity index (χ2n) is 4.01. The van der Waals surface area contributed by atoms with Gasteiger partial charge in [0, 0.05) is 30.4 Å². The number of benzene rings is 1. The third kappa shape index (κ3) is 4.22. The zero-order valence-electron chi connectivity index (χ0n) is 10.8. The molecule has 0 saturated carbocycles. The van der Waals surface area contributed by atoms with Crippen LogP contribution in [0.15, 0.2) is 52.4 Å². The lowest BCUT2D eigenvalue weighted by atomic mass is 10.4. The van der Waals surface area contributed by atoms with Crippen molar-refractivity contribution in [3.8, 4) is 0 Å². The SMILES string of the molecule is COCc1cc(=O)n(CCSc2ccccc2)cn1. The van der Waals surface area contributed by atoms with Crippen molar-refractivity contribution < 1.29 is 4.74 Å². The molecule has 0 aliphatic rings. The molecule has 2 aromatic rings. The Morgan fingerprint density at radius 1 is 1.32 bits per heavy atom. The summed E-state index contributed by atoms with van der Waals surface area (Å²) in [5.74, 6) is 0.842. The molecule has 0 aliphatic heterocycles. The summed E-state index contributed by atoms with van der Waals surface area (Å²) in [6.07, 6.45) is 1.59. The molecule has 0 unspecified atom stereocenters. The minimum absolute atomic E-state index is 0.0317. The molecule has 1 heterocycles. The highest BCUT2D eigenvalue weighted by Gasteiger charge is 2.00. The predicted molar refractivity (Wildman–Crippen MR) is 76.4 cm³/mol. The van der Waals surface area contributed by atoms with Gasteiger partial charge in [0.2, 0.25) is 0 Å². The van der Waals surface area contributed by atoms with E-state index in [9.17, 15) is 4.79 Å². The van der Waals surface area contributed by atoms with Crippen LogP contribution in [0.25, 0.3) is 0 Å². The zero-order valence-corrected chi connectivity index (χ0v) is 11.6. The van der Waals surface area contributed by atoms with E-state index < -0.39 is 0 Å². The maximum Gasteiger partial charge on any atom is 0.253 e. The van der Waals surface area contributed by atoms with E-state index in [1.807, 2.05) is 18.2 Å². The van der Waals surface area contributed by atoms with Gasteiger partial charge in [0.25, 0.3) is 5.56 Å². The fourth-order valence-corrected chi connectivity index (χ4v) is 2.51. The Bertz CT molecular complexity index is 569. The van der Waals surface area contributed by atoms with E-state index in [2.05, 4.69) is 17.1 Å². The Morgan fingerprint density at radius 2 is 2.11 bits per heavy atom. The highest BCUT2D eigenvalue weighted by molar-refractivity contribution is 7.99. The van der Waals surface area contributed by atoms with Crippen LogP contribution in [0.1, 0.15) is 5.69 Å². The summed E-state index contributed by atoms with van der Waals surface area (Å²) in [5, 5.41) is 0. The number of thioether (sulfide) groups is 1. The smallest absolute Gasteiger partial charge is 0.253 e. The summed E-state index contributed by atoms with van der Waals surface area (Å²) in [6, 6.07) is 11.7. The number of hydrogen-bond donors (Lipinski definition) is 0. The third-order valence-electron chi connectivity index (χ3n) is 2.57. The summed E-state index contributed by atoms with van der Waals surface area (Å²) in [7, 11) is 1.59. The molecule has 1 aromatic carbocycles. The van der Waals surface area contributed by atoms with Gasteiger partial charge in [-0.25, -0.2) is 4.98 Å². The third-order valence-corrected chi connectivity index (χ3v) is 3.56. The predicted octanol–water partition coefficient (Wildman–Crippen LogP) is 2.18. The molecule has 1 aromatic heterocycles. The van der Waals surface area contributed by atoms with E-state index >= 15 is 0 Å². The molecule has 0 fully saturated rings. The Labute approximate surface area is 116 Å². The van der Waals surface area contributed by atoms with Crippen LogP contribution >= 0.6 is 11.8 Å². The van der Waals surface area contributed by atoms with Crippen molar-refractivity contribution >= 4 is 11.8 Å². The normalized spacial score (nSPS) is 10.6. The van der Waals surface area contributed by atoms with Crippen LogP contribution in [-0.2, 0) is 17.9 Å². The Hall–Kier alpha value is -1.59. The van der Waals surface area contributed by atoms with Crippen molar-refractivity contribution in [3.05, 3.63) is 58.8 Å². The van der Waals surface area contributed by atoms with E-state index in [1.165, 1.54) is 11.0 Å². The van der Waals surface area contributed by atoms with Gasteiger partial charge in [-0.05, 0) is 12.1 Å². The second kappa shape index (κ2) is 7.11. The van der Waals surface area contributed by atoms with Gasteiger partial charge in [-0.15, -0.1) is 11.8 Å². The molecule has 0 atom stereocenters. The van der Waals surface area contributed by atoms with Crippen molar-refractivity contribution in [1.29, 1.82) is 0 Å². The molecular formula is C14H16N2O2S. The molecule has 4 nitrogen and oxygen atoms in total. The average molecular weight is 276 g/mol. The number of aromatic nitrogens is 2. The van der Waals surface area contributed by atoms with Crippen LogP contribution in [0.4, 0.5) is 0 Å². The Balaban J connectivity index is 1.91. The van der Waals surface area contributed by atoms with Gasteiger partial charge >= 0.3 is 0 Å². The molecule has 100 valence electrons. The van der Waals surface area contributed by atoms with Gasteiger partial charge in [-0.3, -0.25) is 9.36 Å². The first-order valence-electron chi connectivity index (χ1n) is 6.02. The topological polar surface area (TPSA) is 44.1 Å². The molecular weight excluding hydrogens is 260 g/mol. The lowest BCUT2D eigenvalue weighted by Gasteiger charge is -2.06. The highest BCUT2D eigenvalue weighted by atomic mass is 32.2. The molecule has 19 heavy (non-hydrogen) atoms. The molecule has 0 amide bonds. The summed E-state index contributed by atoms with van der Waals surface area (Å²) in [4.78, 5) is 17.2. The van der Waals surface area contributed by atoms with Crippen LogP contribution in [0, 0.1) is 0 Å². The fraction of sp³-hybridized carbons (Fsp3) is 0.286. The number of ether oxygens (including phenoxy) is 1. The standard InChI is InChI=1S/C14H16N2O2S/c1-18-10-12-9-14(17)16(11-15-12)7-8-19-13-5-3-2-4-6-13/h2-6,9,11H,7-8,10H2,1H3. The number of rotatable bonds is 6. The summed E-state index contributed by atoms with van der Waals surface area (Å²) < 4.78 is 6.57. The van der Waals surface area contributed by atoms with Crippen molar-refractivity contribution in [2.75, 3.05) is 12.9 Å². The van der Waals surface area contributed by atoms with Gasteiger partial charge < -0.3 is 4.74 Å². The first-order valence-corrected chi connectivity index (χ1v) is 7.00. The van der Waals surface area contributed by atoms with Crippen LogP contribution in [0.5, 0.6) is 0 Å². The maximum absolute atomic E-state index is 11.8. The lowest BCUT2D eigenvalue weighted by molar-refractivity contribution is 0.181. The van der Waals surface area contributed by atoms with Gasteiger partial charge in [0.15, 0.2) is 0 Å². The first-order chi connectivity index (χ1) is 9.29. The second-order valence-corrected chi connectivity index (χ2v) is 5.17. The minimum Gasteiger partial charge on any atom is -0.378 e. The van der Waals surface area contributed by atoms with Crippen molar-refractivity contribution in [3.63, 3.8) is 0 Å². The van der Waals surface area contributed by atoms with Crippen LogP contribution in [-0.4, -0.2) is 22.4 Å². The first kappa shape index (κ1) is 13.8. The minimum atomic E-state index is -0.0317. The van der Waals surface area contributed by atoms with Crippen LogP contribution in [0.2, 0.25) is 0 Å². The maximum atomic E-state index is 11.8. The number of hydrogen-bond acceptors (Lipinski definition) is 4. The van der Waals surface area contributed by atoms with Crippen molar-refractivity contribution in [2.24, 2.45) is 0 Å². The summed E-state index contributed by atoms with van der Waals surface area (Å²) in [6.45, 7) is 1.02. The van der Waals surface area contributed by atoms with Gasteiger partial charge in [0.05, 0.1) is 18.6 Å². The number of methoxy groups -OCH3 is 1. The molecule has 0 N–H and O–H groups in total. The average Bonchev–Trinajstić information content (AvgIpc) is 2.43. The largest absolute Gasteiger partial charge is 0.378 e. The van der Waals surface area contributed by atoms with Gasteiger partial charge in [0.1, 0.15) is 0 Å². The molecule has 0 spiro atoms. The molecule has 0 aliphatic carbocycles. The fourth-order valence-electron chi connectivity index (χ4n) is 1.64. The van der Waals surface area contributed by atoms with E-state index in [1.54, 1.807) is 29.8 Å². The number of aryl methyl sites for hydroxylation is 1. The van der Waals surface area contributed by atoms with E-state index in [0.717, 1.165) is 5.75 Å². The van der Waals surface area contributed by atoms with Gasteiger partial charge in [-0.1, -0.05) is 18.2 Å². The summed E-state index contributed by atoms with van der Waals surface area (Å²) >= 11 is 1.73. The molecule has 5 heteroatoms. The van der Waals surface area contributed by atoms with E-state index in [-0.39, 0.29) is 5.56 Å². The molecule has 0 radical (unpaired) electrons.